The highest BCUT2D eigenvalue weighted by Gasteiger charge is 2.23. The van der Waals surface area contributed by atoms with Gasteiger partial charge in [-0.3, -0.25) is 0 Å². The minimum atomic E-state index is -0.256. The first kappa shape index (κ1) is 13.9. The predicted octanol–water partition coefficient (Wildman–Crippen LogP) is 4.56. The molecule has 2 aromatic heterocycles. The van der Waals surface area contributed by atoms with Crippen LogP contribution in [0.3, 0.4) is 0 Å². The van der Waals surface area contributed by atoms with Crippen LogP contribution in [0.25, 0.3) is 11.0 Å². The average Bonchev–Trinajstić information content (AvgIpc) is 3.10. The minimum absolute atomic E-state index is 0.157. The Kier molecular flexibility index (Phi) is 3.80. The molecule has 0 saturated heterocycles. The molecule has 0 aliphatic carbocycles. The second kappa shape index (κ2) is 5.74. The Bertz CT molecular complexity index is 731. The maximum absolute atomic E-state index is 13.4. The van der Waals surface area contributed by atoms with Gasteiger partial charge in [-0.25, -0.2) is 4.39 Å². The molecule has 3 aromatic rings. The molecule has 0 fully saturated rings. The first-order valence-corrected chi connectivity index (χ1v) is 7.16. The molecule has 1 N–H and O–H groups in total. The zero-order chi connectivity index (χ0) is 14.8. The molecular weight excluding hydrogens is 269 g/mol. The number of fused-ring (bicyclic) bond motifs is 1. The Morgan fingerprint density at radius 3 is 2.86 bits per heavy atom. The van der Waals surface area contributed by atoms with Crippen LogP contribution in [0.2, 0.25) is 0 Å². The van der Waals surface area contributed by atoms with E-state index in [9.17, 15) is 4.39 Å². The fourth-order valence-electron chi connectivity index (χ4n) is 2.55. The van der Waals surface area contributed by atoms with Gasteiger partial charge in [0, 0.05) is 10.9 Å². The van der Waals surface area contributed by atoms with E-state index in [2.05, 4.69) is 12.2 Å². The Hall–Kier alpha value is -2.07. The third kappa shape index (κ3) is 2.59. The van der Waals surface area contributed by atoms with E-state index in [0.29, 0.717) is 5.58 Å². The van der Waals surface area contributed by atoms with Crippen molar-refractivity contribution in [3.8, 4) is 0 Å². The summed E-state index contributed by atoms with van der Waals surface area (Å²) in [5, 5.41) is 4.23. The zero-order valence-electron chi connectivity index (χ0n) is 12.2. The van der Waals surface area contributed by atoms with Crippen LogP contribution in [-0.2, 0) is 0 Å². The summed E-state index contributed by atoms with van der Waals surface area (Å²) in [7, 11) is 0. The van der Waals surface area contributed by atoms with Gasteiger partial charge in [-0.1, -0.05) is 6.92 Å². The van der Waals surface area contributed by atoms with E-state index in [4.69, 9.17) is 8.83 Å². The first-order chi connectivity index (χ1) is 10.2. The molecule has 4 heteroatoms. The topological polar surface area (TPSA) is 38.3 Å². The van der Waals surface area contributed by atoms with Crippen LogP contribution in [0.1, 0.15) is 36.5 Å². The minimum Gasteiger partial charge on any atom is -0.467 e. The molecule has 3 nitrogen and oxygen atoms in total. The largest absolute Gasteiger partial charge is 0.467 e. The standard InChI is InChI=1S/C17H18FNO2/c1-3-8-19-16(15-5-4-9-20-15)17-11(2)13-10-12(18)6-7-14(13)21-17/h4-7,9-10,16,19H,3,8H2,1-2H3. The summed E-state index contributed by atoms with van der Waals surface area (Å²) >= 11 is 0. The van der Waals surface area contributed by atoms with Crippen LogP contribution in [0.4, 0.5) is 4.39 Å². The van der Waals surface area contributed by atoms with Crippen molar-refractivity contribution in [1.82, 2.24) is 5.32 Å². The fourth-order valence-corrected chi connectivity index (χ4v) is 2.55. The van der Waals surface area contributed by atoms with Crippen LogP contribution >= 0.6 is 0 Å². The summed E-state index contributed by atoms with van der Waals surface area (Å²) in [5.41, 5.74) is 1.63. The van der Waals surface area contributed by atoms with Crippen molar-refractivity contribution in [2.75, 3.05) is 6.54 Å². The Morgan fingerprint density at radius 1 is 1.29 bits per heavy atom. The molecule has 0 radical (unpaired) electrons. The summed E-state index contributed by atoms with van der Waals surface area (Å²) in [6.07, 6.45) is 2.65. The molecule has 0 amide bonds. The molecule has 0 aliphatic rings. The third-order valence-corrected chi connectivity index (χ3v) is 3.62. The van der Waals surface area contributed by atoms with Gasteiger partial charge >= 0.3 is 0 Å². The van der Waals surface area contributed by atoms with Crippen LogP contribution in [0, 0.1) is 12.7 Å². The number of benzene rings is 1. The van der Waals surface area contributed by atoms with E-state index in [1.54, 1.807) is 12.3 Å². The molecular formula is C17H18FNO2. The number of halogens is 1. The summed E-state index contributed by atoms with van der Waals surface area (Å²) in [5.74, 6) is 1.32. The Balaban J connectivity index is 2.08. The summed E-state index contributed by atoms with van der Waals surface area (Å²) in [6.45, 7) is 4.90. The Labute approximate surface area is 122 Å². The van der Waals surface area contributed by atoms with Crippen LogP contribution in [0.5, 0.6) is 0 Å². The maximum Gasteiger partial charge on any atom is 0.134 e. The highest BCUT2D eigenvalue weighted by molar-refractivity contribution is 5.82. The number of hydrogen-bond donors (Lipinski definition) is 1. The predicted molar refractivity (Wildman–Crippen MR) is 79.8 cm³/mol. The van der Waals surface area contributed by atoms with Gasteiger partial charge in [0.2, 0.25) is 0 Å². The van der Waals surface area contributed by atoms with Gasteiger partial charge in [-0.05, 0) is 50.2 Å². The lowest BCUT2D eigenvalue weighted by Gasteiger charge is -2.14. The van der Waals surface area contributed by atoms with E-state index < -0.39 is 0 Å². The Morgan fingerprint density at radius 2 is 2.14 bits per heavy atom. The van der Waals surface area contributed by atoms with E-state index in [0.717, 1.165) is 35.4 Å². The van der Waals surface area contributed by atoms with Crippen molar-refractivity contribution in [3.05, 3.63) is 59.5 Å². The second-order valence-electron chi connectivity index (χ2n) is 5.13. The molecule has 1 atom stereocenters. The molecule has 21 heavy (non-hydrogen) atoms. The second-order valence-corrected chi connectivity index (χ2v) is 5.13. The number of rotatable bonds is 5. The molecule has 2 heterocycles. The van der Waals surface area contributed by atoms with Gasteiger partial charge in [0.15, 0.2) is 0 Å². The van der Waals surface area contributed by atoms with E-state index in [1.807, 2.05) is 19.1 Å². The highest BCUT2D eigenvalue weighted by atomic mass is 19.1. The first-order valence-electron chi connectivity index (χ1n) is 7.16. The van der Waals surface area contributed by atoms with Gasteiger partial charge in [-0.2, -0.15) is 0 Å². The third-order valence-electron chi connectivity index (χ3n) is 3.62. The van der Waals surface area contributed by atoms with Crippen molar-refractivity contribution >= 4 is 11.0 Å². The van der Waals surface area contributed by atoms with E-state index in [1.165, 1.54) is 12.1 Å². The quantitative estimate of drug-likeness (QED) is 0.747. The molecule has 0 saturated carbocycles. The van der Waals surface area contributed by atoms with E-state index in [-0.39, 0.29) is 11.9 Å². The summed E-state index contributed by atoms with van der Waals surface area (Å²) in [6, 6.07) is 8.21. The smallest absolute Gasteiger partial charge is 0.134 e. The zero-order valence-corrected chi connectivity index (χ0v) is 12.2. The number of nitrogens with one attached hydrogen (secondary N) is 1. The molecule has 0 aliphatic heterocycles. The lowest BCUT2D eigenvalue weighted by molar-refractivity contribution is 0.397. The lowest BCUT2D eigenvalue weighted by Crippen LogP contribution is -2.22. The van der Waals surface area contributed by atoms with Crippen molar-refractivity contribution in [2.45, 2.75) is 26.3 Å². The SMILES string of the molecule is CCCNC(c1ccco1)c1oc2ccc(F)cc2c1C. The molecule has 0 bridgehead atoms. The summed E-state index contributed by atoms with van der Waals surface area (Å²) < 4.78 is 24.9. The number of hydrogen-bond acceptors (Lipinski definition) is 3. The average molecular weight is 287 g/mol. The number of furan rings is 2. The lowest BCUT2D eigenvalue weighted by atomic mass is 10.1. The van der Waals surface area contributed by atoms with Crippen molar-refractivity contribution in [3.63, 3.8) is 0 Å². The maximum atomic E-state index is 13.4. The monoisotopic (exact) mass is 287 g/mol. The number of aryl methyl sites for hydroxylation is 1. The van der Waals surface area contributed by atoms with Crippen LogP contribution < -0.4 is 5.32 Å². The van der Waals surface area contributed by atoms with Crippen molar-refractivity contribution in [1.29, 1.82) is 0 Å². The van der Waals surface area contributed by atoms with Crippen molar-refractivity contribution in [2.24, 2.45) is 0 Å². The van der Waals surface area contributed by atoms with Crippen molar-refractivity contribution < 1.29 is 13.2 Å². The molecule has 110 valence electrons. The summed E-state index contributed by atoms with van der Waals surface area (Å²) in [4.78, 5) is 0. The molecule has 1 unspecified atom stereocenters. The van der Waals surface area contributed by atoms with Gasteiger partial charge in [-0.15, -0.1) is 0 Å². The van der Waals surface area contributed by atoms with E-state index >= 15 is 0 Å². The van der Waals surface area contributed by atoms with Gasteiger partial charge in [0.05, 0.1) is 6.26 Å². The molecule has 3 rings (SSSR count). The van der Waals surface area contributed by atoms with Crippen LogP contribution in [0.15, 0.2) is 45.4 Å². The van der Waals surface area contributed by atoms with Gasteiger partial charge < -0.3 is 14.2 Å². The normalized spacial score (nSPS) is 12.9. The molecule has 1 aromatic carbocycles. The van der Waals surface area contributed by atoms with Gasteiger partial charge in [0.1, 0.15) is 29.0 Å². The highest BCUT2D eigenvalue weighted by Crippen LogP contribution is 2.33. The molecule has 0 spiro atoms. The fraction of sp³-hybridized carbons (Fsp3) is 0.294. The van der Waals surface area contributed by atoms with Gasteiger partial charge in [0.25, 0.3) is 0 Å². The van der Waals surface area contributed by atoms with Crippen LogP contribution in [-0.4, -0.2) is 6.54 Å².